The second-order valence-electron chi connectivity index (χ2n) is 6.96. The van der Waals surface area contributed by atoms with Gasteiger partial charge in [-0.05, 0) is 56.2 Å². The topological polar surface area (TPSA) is 29.3 Å². The molecule has 1 aromatic carbocycles. The third-order valence-electron chi connectivity index (χ3n) is 5.85. The van der Waals surface area contributed by atoms with Gasteiger partial charge >= 0.3 is 0 Å². The first-order valence-corrected chi connectivity index (χ1v) is 8.84. The van der Waals surface area contributed by atoms with E-state index in [9.17, 15) is 0 Å². The summed E-state index contributed by atoms with van der Waals surface area (Å²) in [7, 11) is 0. The maximum absolute atomic E-state index is 6.11. The Kier molecular flexibility index (Phi) is 4.97. The molecule has 4 atom stereocenters. The molecule has 0 aromatic heterocycles. The van der Waals surface area contributed by atoms with E-state index in [0.717, 1.165) is 12.5 Å². The van der Waals surface area contributed by atoms with Crippen LogP contribution in [0.1, 0.15) is 57.1 Å². The lowest BCUT2D eigenvalue weighted by Gasteiger charge is -2.43. The predicted octanol–water partition coefficient (Wildman–Crippen LogP) is 3.98. The van der Waals surface area contributed by atoms with Gasteiger partial charge in [0.1, 0.15) is 0 Å². The lowest BCUT2D eigenvalue weighted by Crippen LogP contribution is -2.46. The zero-order valence-corrected chi connectivity index (χ0v) is 13.4. The molecule has 1 aliphatic carbocycles. The molecule has 2 fully saturated rings. The predicted molar refractivity (Wildman–Crippen MR) is 89.1 cm³/mol. The van der Waals surface area contributed by atoms with E-state index in [1.165, 1.54) is 50.6 Å². The van der Waals surface area contributed by atoms with Gasteiger partial charge in [-0.3, -0.25) is 4.90 Å². The molecule has 3 rings (SSSR count). The Hall–Kier alpha value is -0.860. The van der Waals surface area contributed by atoms with E-state index in [0.29, 0.717) is 18.0 Å². The number of hydrogen-bond donors (Lipinski definition) is 1. The number of likely N-dealkylation sites (tertiary alicyclic amines) is 1. The molecule has 4 unspecified atom stereocenters. The molecule has 1 aliphatic heterocycles. The SMILES string of the molecule is CCC1CCC(CN)C(N2CCCC2c2ccccc2)C1. The van der Waals surface area contributed by atoms with Gasteiger partial charge in [-0.2, -0.15) is 0 Å². The summed E-state index contributed by atoms with van der Waals surface area (Å²) in [6, 6.07) is 12.4. The first-order valence-electron chi connectivity index (χ1n) is 8.84. The fourth-order valence-electron chi connectivity index (χ4n) is 4.57. The fraction of sp³-hybridized carbons (Fsp3) is 0.684. The minimum Gasteiger partial charge on any atom is -0.330 e. The van der Waals surface area contributed by atoms with Crippen molar-refractivity contribution in [3.05, 3.63) is 35.9 Å². The Morgan fingerprint density at radius 2 is 1.95 bits per heavy atom. The van der Waals surface area contributed by atoms with Crippen LogP contribution in [0.4, 0.5) is 0 Å². The van der Waals surface area contributed by atoms with Crippen LogP contribution in [0.25, 0.3) is 0 Å². The summed E-state index contributed by atoms with van der Waals surface area (Å²) in [4.78, 5) is 2.80. The van der Waals surface area contributed by atoms with Crippen LogP contribution in [0.5, 0.6) is 0 Å². The molecule has 2 N–H and O–H groups in total. The lowest BCUT2D eigenvalue weighted by molar-refractivity contribution is 0.0702. The zero-order chi connectivity index (χ0) is 14.7. The maximum Gasteiger partial charge on any atom is 0.0351 e. The van der Waals surface area contributed by atoms with Crippen molar-refractivity contribution in [1.82, 2.24) is 4.90 Å². The Morgan fingerprint density at radius 1 is 1.14 bits per heavy atom. The molecule has 2 nitrogen and oxygen atoms in total. The van der Waals surface area contributed by atoms with Crippen molar-refractivity contribution in [2.45, 2.75) is 57.5 Å². The monoisotopic (exact) mass is 286 g/mol. The summed E-state index contributed by atoms with van der Waals surface area (Å²) < 4.78 is 0. The van der Waals surface area contributed by atoms with Crippen molar-refractivity contribution in [3.63, 3.8) is 0 Å². The normalized spacial score (nSPS) is 34.2. The highest BCUT2D eigenvalue weighted by Crippen LogP contribution is 2.41. The molecule has 21 heavy (non-hydrogen) atoms. The van der Waals surface area contributed by atoms with E-state index < -0.39 is 0 Å². The fourth-order valence-corrected chi connectivity index (χ4v) is 4.57. The molecule has 1 saturated carbocycles. The Balaban J connectivity index is 1.79. The molecule has 2 heteroatoms. The van der Waals surface area contributed by atoms with E-state index in [1.54, 1.807) is 0 Å². The van der Waals surface area contributed by atoms with E-state index in [-0.39, 0.29) is 0 Å². The minimum atomic E-state index is 0.626. The van der Waals surface area contributed by atoms with Gasteiger partial charge < -0.3 is 5.73 Å². The third-order valence-corrected chi connectivity index (χ3v) is 5.85. The summed E-state index contributed by atoms with van der Waals surface area (Å²) in [6.45, 7) is 4.47. The molecule has 0 radical (unpaired) electrons. The average Bonchev–Trinajstić information content (AvgIpc) is 3.04. The standard InChI is InChI=1S/C19H30N2/c1-2-15-10-11-17(14-20)19(13-15)21-12-6-9-18(21)16-7-4-3-5-8-16/h3-5,7-8,15,17-19H,2,6,9-14,20H2,1H3. The Morgan fingerprint density at radius 3 is 2.67 bits per heavy atom. The lowest BCUT2D eigenvalue weighted by atomic mass is 9.76. The van der Waals surface area contributed by atoms with Crippen molar-refractivity contribution < 1.29 is 0 Å². The number of benzene rings is 1. The minimum absolute atomic E-state index is 0.626. The van der Waals surface area contributed by atoms with Crippen LogP contribution in [0, 0.1) is 11.8 Å². The van der Waals surface area contributed by atoms with Gasteiger partial charge in [0, 0.05) is 12.1 Å². The third kappa shape index (κ3) is 3.17. The number of hydrogen-bond acceptors (Lipinski definition) is 2. The van der Waals surface area contributed by atoms with Gasteiger partial charge in [-0.1, -0.05) is 50.1 Å². The van der Waals surface area contributed by atoms with E-state index in [4.69, 9.17) is 5.73 Å². The van der Waals surface area contributed by atoms with Crippen molar-refractivity contribution in [1.29, 1.82) is 0 Å². The number of nitrogens with zero attached hydrogens (tertiary/aromatic N) is 1. The van der Waals surface area contributed by atoms with Crippen LogP contribution < -0.4 is 5.73 Å². The summed E-state index contributed by atoms with van der Waals surface area (Å²) >= 11 is 0. The molecular weight excluding hydrogens is 256 g/mol. The average molecular weight is 286 g/mol. The van der Waals surface area contributed by atoms with Crippen LogP contribution in [-0.2, 0) is 0 Å². The molecule has 1 saturated heterocycles. The van der Waals surface area contributed by atoms with Crippen molar-refractivity contribution in [2.24, 2.45) is 17.6 Å². The highest BCUT2D eigenvalue weighted by atomic mass is 15.2. The van der Waals surface area contributed by atoms with E-state index >= 15 is 0 Å². The van der Waals surface area contributed by atoms with E-state index in [1.807, 2.05) is 0 Å². The summed E-state index contributed by atoms with van der Waals surface area (Å²) in [6.07, 6.45) is 8.06. The quantitative estimate of drug-likeness (QED) is 0.907. The Labute approximate surface area is 129 Å². The van der Waals surface area contributed by atoms with Gasteiger partial charge in [0.2, 0.25) is 0 Å². The molecule has 2 aliphatic rings. The summed E-state index contributed by atoms with van der Waals surface area (Å²) in [5.74, 6) is 1.62. The van der Waals surface area contributed by atoms with Crippen LogP contribution in [0.2, 0.25) is 0 Å². The number of rotatable bonds is 4. The molecule has 0 spiro atoms. The van der Waals surface area contributed by atoms with Crippen molar-refractivity contribution >= 4 is 0 Å². The van der Waals surface area contributed by atoms with Crippen LogP contribution >= 0.6 is 0 Å². The highest BCUT2D eigenvalue weighted by molar-refractivity contribution is 5.20. The second-order valence-corrected chi connectivity index (χ2v) is 6.96. The van der Waals surface area contributed by atoms with Gasteiger partial charge in [0.25, 0.3) is 0 Å². The van der Waals surface area contributed by atoms with Crippen molar-refractivity contribution in [3.8, 4) is 0 Å². The summed E-state index contributed by atoms with van der Waals surface area (Å²) in [5.41, 5.74) is 7.61. The van der Waals surface area contributed by atoms with Crippen LogP contribution in [0.3, 0.4) is 0 Å². The molecule has 1 heterocycles. The molecule has 0 bridgehead atoms. The van der Waals surface area contributed by atoms with Crippen LogP contribution in [0.15, 0.2) is 30.3 Å². The number of nitrogens with two attached hydrogens (primary N) is 1. The molecule has 1 aromatic rings. The molecular formula is C19H30N2. The largest absolute Gasteiger partial charge is 0.330 e. The van der Waals surface area contributed by atoms with Crippen LogP contribution in [-0.4, -0.2) is 24.0 Å². The van der Waals surface area contributed by atoms with Gasteiger partial charge in [0.15, 0.2) is 0 Å². The molecule has 0 amide bonds. The maximum atomic E-state index is 6.11. The smallest absolute Gasteiger partial charge is 0.0351 e. The first-order chi connectivity index (χ1) is 10.3. The summed E-state index contributed by atoms with van der Waals surface area (Å²) in [5, 5.41) is 0. The first kappa shape index (κ1) is 15.1. The van der Waals surface area contributed by atoms with Crippen molar-refractivity contribution in [2.75, 3.05) is 13.1 Å². The molecule has 116 valence electrons. The zero-order valence-electron chi connectivity index (χ0n) is 13.4. The van der Waals surface area contributed by atoms with Gasteiger partial charge in [-0.15, -0.1) is 0 Å². The second kappa shape index (κ2) is 6.93. The Bertz CT molecular complexity index is 430. The highest BCUT2D eigenvalue weighted by Gasteiger charge is 2.38. The van der Waals surface area contributed by atoms with Gasteiger partial charge in [0.05, 0.1) is 0 Å². The van der Waals surface area contributed by atoms with E-state index in [2.05, 4.69) is 42.2 Å². The van der Waals surface area contributed by atoms with Gasteiger partial charge in [-0.25, -0.2) is 0 Å².